The summed E-state index contributed by atoms with van der Waals surface area (Å²) in [6.07, 6.45) is 3.23. The number of aliphatic imine (C=N–C) groups is 1. The van der Waals surface area contributed by atoms with Gasteiger partial charge in [-0.1, -0.05) is 24.3 Å². The second-order valence-electron chi connectivity index (χ2n) is 5.64. The van der Waals surface area contributed by atoms with Crippen LogP contribution in [0.4, 0.5) is 14.9 Å². The molecule has 0 saturated carbocycles. The first-order valence-electron chi connectivity index (χ1n) is 7.72. The molecule has 3 N–H and O–H groups in total. The number of allylic oxidation sites excluding steroid dienone is 1. The van der Waals surface area contributed by atoms with E-state index < -0.39 is 6.03 Å². The van der Waals surface area contributed by atoms with E-state index >= 15 is 0 Å². The van der Waals surface area contributed by atoms with Crippen molar-refractivity contribution in [1.29, 1.82) is 0 Å². The zero-order chi connectivity index (χ0) is 17.1. The summed E-state index contributed by atoms with van der Waals surface area (Å²) in [5.41, 5.74) is 10.1. The van der Waals surface area contributed by atoms with Crippen molar-refractivity contribution in [2.45, 2.75) is 12.8 Å². The molecule has 3 rings (SSSR count). The maximum Gasteiger partial charge on any atom is 0.316 e. The van der Waals surface area contributed by atoms with Crippen LogP contribution in [-0.4, -0.2) is 18.3 Å². The number of urea groups is 1. The first kappa shape index (κ1) is 15.9. The second kappa shape index (κ2) is 6.66. The van der Waals surface area contributed by atoms with Gasteiger partial charge in [0.1, 0.15) is 5.82 Å². The quantitative estimate of drug-likeness (QED) is 0.832. The lowest BCUT2D eigenvalue weighted by Crippen LogP contribution is -2.22. The molecule has 122 valence electrons. The van der Waals surface area contributed by atoms with Gasteiger partial charge in [0.05, 0.1) is 11.4 Å². The fourth-order valence-electron chi connectivity index (χ4n) is 2.92. The molecule has 24 heavy (non-hydrogen) atoms. The van der Waals surface area contributed by atoms with Crippen LogP contribution in [0.3, 0.4) is 0 Å². The third-order valence-electron chi connectivity index (χ3n) is 3.96. The Morgan fingerprint density at radius 3 is 2.88 bits per heavy atom. The van der Waals surface area contributed by atoms with Gasteiger partial charge in [-0.05, 0) is 42.2 Å². The number of anilines is 1. The molecule has 1 aliphatic heterocycles. The van der Waals surface area contributed by atoms with Crippen LogP contribution in [-0.2, 0) is 12.8 Å². The smallest absolute Gasteiger partial charge is 0.316 e. The minimum absolute atomic E-state index is 0.309. The number of rotatable bonds is 4. The number of primary amides is 1. The predicted molar refractivity (Wildman–Crippen MR) is 94.2 cm³/mol. The molecular weight excluding hydrogens is 305 g/mol. The Morgan fingerprint density at radius 2 is 2.12 bits per heavy atom. The van der Waals surface area contributed by atoms with Crippen LogP contribution in [0.15, 0.2) is 54.0 Å². The van der Waals surface area contributed by atoms with Crippen LogP contribution in [0.5, 0.6) is 0 Å². The highest BCUT2D eigenvalue weighted by Crippen LogP contribution is 2.27. The van der Waals surface area contributed by atoms with Crippen LogP contribution in [0.25, 0.3) is 0 Å². The van der Waals surface area contributed by atoms with E-state index in [1.807, 2.05) is 18.2 Å². The summed E-state index contributed by atoms with van der Waals surface area (Å²) in [6.45, 7) is 4.34. The van der Waals surface area contributed by atoms with Gasteiger partial charge in [-0.2, -0.15) is 0 Å². The fraction of sp³-hybridized carbons (Fsp3) is 0.158. The predicted octanol–water partition coefficient (Wildman–Crippen LogP) is 3.44. The van der Waals surface area contributed by atoms with Gasteiger partial charge in [-0.15, -0.1) is 6.58 Å². The van der Waals surface area contributed by atoms with Gasteiger partial charge in [0.2, 0.25) is 0 Å². The first-order valence-corrected chi connectivity index (χ1v) is 7.72. The third kappa shape index (κ3) is 3.20. The molecule has 0 atom stereocenters. The van der Waals surface area contributed by atoms with E-state index in [0.717, 1.165) is 28.7 Å². The van der Waals surface area contributed by atoms with Crippen LogP contribution >= 0.6 is 0 Å². The lowest BCUT2D eigenvalue weighted by molar-refractivity contribution is 0.259. The highest BCUT2D eigenvalue weighted by molar-refractivity contribution is 6.18. The maximum atomic E-state index is 13.7. The van der Waals surface area contributed by atoms with Gasteiger partial charge in [-0.25, -0.2) is 9.18 Å². The molecule has 0 spiro atoms. The Bertz CT molecular complexity index is 843. The van der Waals surface area contributed by atoms with E-state index in [1.165, 1.54) is 12.1 Å². The van der Waals surface area contributed by atoms with E-state index in [4.69, 9.17) is 5.73 Å². The number of carbonyl (C=O) groups excluding carboxylic acids is 1. The van der Waals surface area contributed by atoms with Gasteiger partial charge in [0.25, 0.3) is 0 Å². The molecular formula is C19H18FN3O. The van der Waals surface area contributed by atoms with Crippen molar-refractivity contribution >= 4 is 17.4 Å². The molecule has 1 aliphatic rings. The fourth-order valence-corrected chi connectivity index (χ4v) is 2.92. The first-order chi connectivity index (χ1) is 11.6. The van der Waals surface area contributed by atoms with Crippen molar-refractivity contribution in [3.63, 3.8) is 0 Å². The number of amides is 2. The van der Waals surface area contributed by atoms with Crippen molar-refractivity contribution in [2.75, 3.05) is 11.9 Å². The summed E-state index contributed by atoms with van der Waals surface area (Å²) in [5, 5.41) is 2.64. The summed E-state index contributed by atoms with van der Waals surface area (Å²) in [6, 6.07) is 9.74. The highest BCUT2D eigenvalue weighted by Gasteiger charge is 2.19. The summed E-state index contributed by atoms with van der Waals surface area (Å²) in [5.74, 6) is -0.309. The summed E-state index contributed by atoms with van der Waals surface area (Å²) < 4.78 is 13.7. The minimum Gasteiger partial charge on any atom is -0.351 e. The van der Waals surface area contributed by atoms with Gasteiger partial charge < -0.3 is 11.1 Å². The Hall–Kier alpha value is -2.95. The molecule has 2 amide bonds. The average molecular weight is 323 g/mol. The van der Waals surface area contributed by atoms with Crippen molar-refractivity contribution in [3.05, 3.63) is 77.1 Å². The molecule has 0 saturated heterocycles. The normalized spacial score (nSPS) is 13.0. The number of fused-ring (bicyclic) bond motifs is 1. The lowest BCUT2D eigenvalue weighted by atomic mass is 9.91. The summed E-state index contributed by atoms with van der Waals surface area (Å²) >= 11 is 0. The Labute approximate surface area is 139 Å². The number of hydrogen-bond donors (Lipinski definition) is 2. The number of nitrogens with one attached hydrogen (secondary N) is 1. The molecule has 1 heterocycles. The van der Waals surface area contributed by atoms with Gasteiger partial charge >= 0.3 is 6.03 Å². The average Bonchev–Trinajstić information content (AvgIpc) is 2.54. The van der Waals surface area contributed by atoms with E-state index in [1.54, 1.807) is 12.1 Å². The number of benzene rings is 2. The standard InChI is InChI=1S/C19H18FN3O/c1-2-3-12-4-7-15(17(10-12)23-19(21)24)18-16-11-14(20)6-5-13(16)8-9-22-18/h2,4-7,10-11H,1,3,8-9H2,(H3,21,23,24). The molecule has 5 heteroatoms. The molecule has 2 aromatic carbocycles. The Morgan fingerprint density at radius 1 is 1.29 bits per heavy atom. The SMILES string of the molecule is C=CCc1ccc(C2=NCCc3ccc(F)cc32)c(NC(N)=O)c1. The monoisotopic (exact) mass is 323 g/mol. The van der Waals surface area contributed by atoms with Gasteiger partial charge in [0.15, 0.2) is 0 Å². The molecule has 2 aromatic rings. The maximum absolute atomic E-state index is 13.7. The van der Waals surface area contributed by atoms with E-state index in [0.29, 0.717) is 24.4 Å². The molecule has 0 fully saturated rings. The zero-order valence-electron chi connectivity index (χ0n) is 13.2. The number of carbonyl (C=O) groups is 1. The van der Waals surface area contributed by atoms with Crippen LogP contribution in [0, 0.1) is 5.82 Å². The zero-order valence-corrected chi connectivity index (χ0v) is 13.2. The Balaban J connectivity index is 2.12. The van der Waals surface area contributed by atoms with Crippen molar-refractivity contribution < 1.29 is 9.18 Å². The van der Waals surface area contributed by atoms with E-state index in [2.05, 4.69) is 16.9 Å². The summed E-state index contributed by atoms with van der Waals surface area (Å²) in [4.78, 5) is 15.9. The van der Waals surface area contributed by atoms with Gasteiger partial charge in [0, 0.05) is 17.7 Å². The van der Waals surface area contributed by atoms with E-state index in [-0.39, 0.29) is 5.82 Å². The molecule has 0 radical (unpaired) electrons. The van der Waals surface area contributed by atoms with Crippen LogP contribution < -0.4 is 11.1 Å². The molecule has 0 unspecified atom stereocenters. The lowest BCUT2D eigenvalue weighted by Gasteiger charge is -2.20. The number of hydrogen-bond acceptors (Lipinski definition) is 2. The third-order valence-corrected chi connectivity index (χ3v) is 3.96. The molecule has 0 bridgehead atoms. The van der Waals surface area contributed by atoms with Crippen LogP contribution in [0.2, 0.25) is 0 Å². The molecule has 0 aliphatic carbocycles. The van der Waals surface area contributed by atoms with Crippen molar-refractivity contribution in [2.24, 2.45) is 10.7 Å². The highest BCUT2D eigenvalue weighted by atomic mass is 19.1. The number of nitrogens with zero attached hydrogens (tertiary/aromatic N) is 1. The molecule has 4 nitrogen and oxygen atoms in total. The minimum atomic E-state index is -0.650. The van der Waals surface area contributed by atoms with Gasteiger partial charge in [-0.3, -0.25) is 4.99 Å². The topological polar surface area (TPSA) is 67.5 Å². The number of halogens is 1. The van der Waals surface area contributed by atoms with Crippen LogP contribution in [0.1, 0.15) is 22.3 Å². The Kier molecular flexibility index (Phi) is 4.42. The molecule has 0 aromatic heterocycles. The summed E-state index contributed by atoms with van der Waals surface area (Å²) in [7, 11) is 0. The van der Waals surface area contributed by atoms with E-state index in [9.17, 15) is 9.18 Å². The second-order valence-corrected chi connectivity index (χ2v) is 5.64. The largest absolute Gasteiger partial charge is 0.351 e. The van der Waals surface area contributed by atoms with Crippen molar-refractivity contribution in [3.8, 4) is 0 Å². The number of nitrogens with two attached hydrogens (primary N) is 1. The van der Waals surface area contributed by atoms with Crippen molar-refractivity contribution in [1.82, 2.24) is 0 Å².